The number of aromatic amines is 1. The van der Waals surface area contributed by atoms with Crippen molar-refractivity contribution in [2.45, 2.75) is 90.6 Å². The van der Waals surface area contributed by atoms with E-state index in [1.165, 1.54) is 16.8 Å². The van der Waals surface area contributed by atoms with Gasteiger partial charge in [-0.05, 0) is 82.6 Å². The molecule has 218 valence electrons. The number of nitrogens with one attached hydrogen (secondary N) is 2. The molecule has 0 aromatic carbocycles. The molecule has 1 saturated heterocycles. The molecular formula is C32H43N7O2. The van der Waals surface area contributed by atoms with Crippen molar-refractivity contribution in [2.75, 3.05) is 26.3 Å². The first-order chi connectivity index (χ1) is 19.6. The van der Waals surface area contributed by atoms with Crippen LogP contribution in [0.25, 0.3) is 27.9 Å². The Hall–Kier alpha value is -3.30. The van der Waals surface area contributed by atoms with E-state index in [4.69, 9.17) is 9.72 Å². The summed E-state index contributed by atoms with van der Waals surface area (Å²) in [5, 5.41) is 8.11. The summed E-state index contributed by atoms with van der Waals surface area (Å²) in [6, 6.07) is 4.74. The van der Waals surface area contributed by atoms with Crippen molar-refractivity contribution in [2.24, 2.45) is 0 Å². The van der Waals surface area contributed by atoms with E-state index in [1.807, 2.05) is 23.3 Å². The van der Waals surface area contributed by atoms with Gasteiger partial charge in [0.15, 0.2) is 5.65 Å². The van der Waals surface area contributed by atoms with Crippen LogP contribution in [-0.4, -0.2) is 73.3 Å². The third-order valence-electron chi connectivity index (χ3n) is 9.22. The summed E-state index contributed by atoms with van der Waals surface area (Å²) in [5.74, 6) is 0.899. The van der Waals surface area contributed by atoms with Gasteiger partial charge in [-0.1, -0.05) is 13.8 Å². The Morgan fingerprint density at radius 3 is 2.54 bits per heavy atom. The molecule has 2 fully saturated rings. The summed E-state index contributed by atoms with van der Waals surface area (Å²) in [4.78, 5) is 28.6. The number of aryl methyl sites for hydroxylation is 1. The summed E-state index contributed by atoms with van der Waals surface area (Å²) in [5.41, 5.74) is 9.50. The van der Waals surface area contributed by atoms with Crippen LogP contribution in [0.3, 0.4) is 0 Å². The Labute approximate surface area is 242 Å². The standard InChI is InChI=1S/C32H43N7O2/c1-19(2)27-28(24-17-39-30(33-18-34-39)21(4)20(24)3)36-26-12-11-25(35-29(26)27)22-7-9-23(10-8-22)37-32(5,6)31(40)38-13-15-41-16-14-38/h11-12,17-19,22-23,36-37H,7-10,13-16H2,1-6H3. The van der Waals surface area contributed by atoms with Crippen molar-refractivity contribution in [3.63, 3.8) is 0 Å². The van der Waals surface area contributed by atoms with Gasteiger partial charge in [-0.25, -0.2) is 9.50 Å². The molecule has 0 unspecified atom stereocenters. The number of pyridine rings is 2. The smallest absolute Gasteiger partial charge is 0.242 e. The Morgan fingerprint density at radius 2 is 1.83 bits per heavy atom. The van der Waals surface area contributed by atoms with Crippen LogP contribution in [0.2, 0.25) is 0 Å². The van der Waals surface area contributed by atoms with Crippen LogP contribution in [0.5, 0.6) is 0 Å². The molecule has 5 heterocycles. The van der Waals surface area contributed by atoms with Crippen LogP contribution in [0.1, 0.15) is 87.6 Å². The number of carbonyl (C=O) groups is 1. The highest BCUT2D eigenvalue weighted by Gasteiger charge is 2.36. The van der Waals surface area contributed by atoms with E-state index in [-0.39, 0.29) is 5.91 Å². The molecule has 0 bridgehead atoms. The van der Waals surface area contributed by atoms with Crippen molar-refractivity contribution in [1.82, 2.24) is 34.8 Å². The first-order valence-electron chi connectivity index (χ1n) is 15.1. The van der Waals surface area contributed by atoms with Crippen LogP contribution < -0.4 is 5.32 Å². The number of carbonyl (C=O) groups excluding carboxylic acids is 1. The first-order valence-corrected chi connectivity index (χ1v) is 15.1. The van der Waals surface area contributed by atoms with E-state index in [0.29, 0.717) is 44.2 Å². The minimum Gasteiger partial charge on any atom is -0.378 e. The molecule has 0 atom stereocenters. The van der Waals surface area contributed by atoms with Crippen molar-refractivity contribution in [1.29, 1.82) is 0 Å². The maximum Gasteiger partial charge on any atom is 0.242 e. The number of nitrogens with zero attached hydrogens (tertiary/aromatic N) is 5. The molecule has 2 aliphatic rings. The molecular weight excluding hydrogens is 514 g/mol. The number of fused-ring (bicyclic) bond motifs is 2. The predicted molar refractivity (Wildman–Crippen MR) is 161 cm³/mol. The van der Waals surface area contributed by atoms with E-state index in [1.54, 1.807) is 6.33 Å². The molecule has 41 heavy (non-hydrogen) atoms. The number of ether oxygens (including phenoxy) is 1. The van der Waals surface area contributed by atoms with Gasteiger partial charge < -0.3 is 19.9 Å². The molecule has 1 saturated carbocycles. The Kier molecular flexibility index (Phi) is 7.36. The van der Waals surface area contributed by atoms with Crippen molar-refractivity contribution < 1.29 is 9.53 Å². The molecule has 0 radical (unpaired) electrons. The average Bonchev–Trinajstić information content (AvgIpc) is 3.59. The predicted octanol–water partition coefficient (Wildman–Crippen LogP) is 5.27. The lowest BCUT2D eigenvalue weighted by Gasteiger charge is -2.39. The average molecular weight is 558 g/mol. The number of hydrogen-bond donors (Lipinski definition) is 2. The van der Waals surface area contributed by atoms with Crippen molar-refractivity contribution in [3.8, 4) is 11.3 Å². The quantitative estimate of drug-likeness (QED) is 0.335. The molecule has 0 spiro atoms. The summed E-state index contributed by atoms with van der Waals surface area (Å²) >= 11 is 0. The second-order valence-corrected chi connectivity index (χ2v) is 12.7. The zero-order valence-corrected chi connectivity index (χ0v) is 25.3. The van der Waals surface area contributed by atoms with Gasteiger partial charge in [-0.2, -0.15) is 5.10 Å². The van der Waals surface area contributed by atoms with Gasteiger partial charge in [0.05, 0.1) is 35.5 Å². The van der Waals surface area contributed by atoms with E-state index in [0.717, 1.165) is 59.2 Å². The van der Waals surface area contributed by atoms with Gasteiger partial charge in [-0.3, -0.25) is 9.78 Å². The lowest BCUT2D eigenvalue weighted by molar-refractivity contribution is -0.141. The van der Waals surface area contributed by atoms with Gasteiger partial charge in [0, 0.05) is 48.1 Å². The van der Waals surface area contributed by atoms with Crippen molar-refractivity contribution >= 4 is 22.6 Å². The monoisotopic (exact) mass is 557 g/mol. The summed E-state index contributed by atoms with van der Waals surface area (Å²) in [7, 11) is 0. The van der Waals surface area contributed by atoms with E-state index >= 15 is 0 Å². The van der Waals surface area contributed by atoms with Crippen LogP contribution >= 0.6 is 0 Å². The maximum atomic E-state index is 13.2. The zero-order valence-electron chi connectivity index (χ0n) is 25.3. The lowest BCUT2D eigenvalue weighted by Crippen LogP contribution is -2.59. The van der Waals surface area contributed by atoms with Gasteiger partial charge in [0.1, 0.15) is 6.33 Å². The molecule has 4 aromatic heterocycles. The number of H-pyrrole nitrogens is 1. The third kappa shape index (κ3) is 5.14. The topological polar surface area (TPSA) is 100 Å². The first kappa shape index (κ1) is 27.8. The van der Waals surface area contributed by atoms with Gasteiger partial charge in [0.25, 0.3) is 0 Å². The fourth-order valence-corrected chi connectivity index (χ4v) is 6.82. The number of aromatic nitrogens is 5. The van der Waals surface area contributed by atoms with Gasteiger partial charge >= 0.3 is 0 Å². The molecule has 9 heteroatoms. The summed E-state index contributed by atoms with van der Waals surface area (Å²) in [6.07, 6.45) is 7.90. The largest absolute Gasteiger partial charge is 0.378 e. The van der Waals surface area contributed by atoms with E-state index in [9.17, 15) is 4.79 Å². The highest BCUT2D eigenvalue weighted by molar-refractivity contribution is 5.89. The highest BCUT2D eigenvalue weighted by Crippen LogP contribution is 2.39. The second kappa shape index (κ2) is 10.8. The Morgan fingerprint density at radius 1 is 1.10 bits per heavy atom. The minimum absolute atomic E-state index is 0.174. The molecule has 1 aliphatic carbocycles. The fourth-order valence-electron chi connectivity index (χ4n) is 6.82. The van der Waals surface area contributed by atoms with E-state index in [2.05, 4.69) is 66.4 Å². The number of amides is 1. The highest BCUT2D eigenvalue weighted by atomic mass is 16.5. The maximum absolute atomic E-state index is 13.2. The fraction of sp³-hybridized carbons (Fsp3) is 0.562. The third-order valence-corrected chi connectivity index (χ3v) is 9.22. The lowest BCUT2D eigenvalue weighted by atomic mass is 9.82. The number of hydrogen-bond acceptors (Lipinski definition) is 6. The Bertz CT molecular complexity index is 1570. The summed E-state index contributed by atoms with van der Waals surface area (Å²) < 4.78 is 7.30. The molecule has 6 rings (SSSR count). The SMILES string of the molecule is Cc1c(-c2[nH]c3ccc(C4CCC(NC(C)(C)C(=O)N5CCOCC5)CC4)nc3c2C(C)C)cn2ncnc2c1C. The van der Waals surface area contributed by atoms with Gasteiger partial charge in [0.2, 0.25) is 5.91 Å². The van der Waals surface area contributed by atoms with Crippen LogP contribution in [0.4, 0.5) is 0 Å². The van der Waals surface area contributed by atoms with E-state index < -0.39 is 5.54 Å². The molecule has 4 aromatic rings. The minimum atomic E-state index is -0.578. The molecule has 2 N–H and O–H groups in total. The molecule has 1 amide bonds. The zero-order chi connectivity index (χ0) is 28.9. The van der Waals surface area contributed by atoms with Crippen LogP contribution in [0, 0.1) is 13.8 Å². The van der Waals surface area contributed by atoms with Crippen LogP contribution in [0.15, 0.2) is 24.7 Å². The number of morpholine rings is 1. The number of rotatable bonds is 6. The van der Waals surface area contributed by atoms with Crippen LogP contribution in [-0.2, 0) is 9.53 Å². The Balaban J connectivity index is 1.22. The second-order valence-electron chi connectivity index (χ2n) is 12.7. The summed E-state index contributed by atoms with van der Waals surface area (Å²) in [6.45, 7) is 15.4. The molecule has 9 nitrogen and oxygen atoms in total. The molecule has 1 aliphatic heterocycles. The van der Waals surface area contributed by atoms with Gasteiger partial charge in [-0.15, -0.1) is 0 Å². The van der Waals surface area contributed by atoms with Crippen molar-refractivity contribution in [3.05, 3.63) is 47.0 Å². The normalized spacial score (nSPS) is 20.4.